The molecule has 1 N–H and O–H groups in total. The van der Waals surface area contributed by atoms with Gasteiger partial charge in [-0.1, -0.05) is 27.3 Å². The van der Waals surface area contributed by atoms with E-state index in [-0.39, 0.29) is 0 Å². The van der Waals surface area contributed by atoms with Gasteiger partial charge in [0.15, 0.2) is 0 Å². The molecule has 2 aromatic rings. The Hall–Kier alpha value is -1.20. The molecule has 0 bridgehead atoms. The highest BCUT2D eigenvalue weighted by atomic mass is 35.5. The van der Waals surface area contributed by atoms with E-state index in [0.717, 1.165) is 16.8 Å². The third kappa shape index (κ3) is 2.24. The van der Waals surface area contributed by atoms with E-state index in [1.165, 1.54) is 11.5 Å². The third-order valence-electron chi connectivity index (χ3n) is 1.96. The summed E-state index contributed by atoms with van der Waals surface area (Å²) < 4.78 is 3.67. The van der Waals surface area contributed by atoms with Crippen molar-refractivity contribution >= 4 is 34.0 Å². The maximum absolute atomic E-state index is 6.13. The first-order valence-corrected chi connectivity index (χ1v) is 5.51. The van der Waals surface area contributed by atoms with Crippen molar-refractivity contribution in [2.24, 2.45) is 0 Å². The topological polar surface area (TPSA) is 50.7 Å². The van der Waals surface area contributed by atoms with E-state index in [0.29, 0.717) is 10.2 Å². The third-order valence-corrected chi connectivity index (χ3v) is 2.77. The van der Waals surface area contributed by atoms with Crippen molar-refractivity contribution in [3.63, 3.8) is 0 Å². The predicted molar refractivity (Wildman–Crippen MR) is 61.9 cm³/mol. The van der Waals surface area contributed by atoms with E-state index in [1.807, 2.05) is 19.9 Å². The molecule has 2 rings (SSSR count). The molecule has 0 saturated heterocycles. The molecule has 0 aliphatic carbocycles. The van der Waals surface area contributed by atoms with E-state index in [4.69, 9.17) is 11.6 Å². The average Bonchev–Trinajstić information content (AvgIpc) is 2.63. The van der Waals surface area contributed by atoms with Gasteiger partial charge in [0.05, 0.1) is 10.7 Å². The van der Waals surface area contributed by atoms with Crippen molar-refractivity contribution < 1.29 is 0 Å². The lowest BCUT2D eigenvalue weighted by molar-refractivity contribution is 0.961. The average molecular weight is 241 g/mol. The fraction of sp³-hybridized carbons (Fsp3) is 0.222. The maximum Gasteiger partial charge on any atom is 0.229 e. The molecular formula is C9H9ClN4S. The predicted octanol–water partition coefficient (Wildman–Crippen LogP) is 2.95. The highest BCUT2D eigenvalue weighted by molar-refractivity contribution is 7.09. The summed E-state index contributed by atoms with van der Waals surface area (Å²) in [5.74, 6) is 0. The van der Waals surface area contributed by atoms with Gasteiger partial charge in [-0.05, 0) is 36.3 Å². The van der Waals surface area contributed by atoms with Gasteiger partial charge in [0.1, 0.15) is 0 Å². The summed E-state index contributed by atoms with van der Waals surface area (Å²) in [5, 5.41) is 11.7. The minimum atomic E-state index is 0.642. The van der Waals surface area contributed by atoms with Crippen LogP contribution in [0.4, 0.5) is 10.8 Å². The second-order valence-corrected chi connectivity index (χ2v) is 4.37. The van der Waals surface area contributed by atoms with E-state index in [9.17, 15) is 0 Å². The molecule has 6 heteroatoms. The first-order valence-electron chi connectivity index (χ1n) is 4.35. The molecule has 78 valence electrons. The minimum absolute atomic E-state index is 0.642. The Labute approximate surface area is 96.4 Å². The Morgan fingerprint density at radius 3 is 2.73 bits per heavy atom. The number of halogens is 1. The second kappa shape index (κ2) is 4.12. The number of anilines is 2. The summed E-state index contributed by atoms with van der Waals surface area (Å²) in [6.45, 7) is 4.00. The number of hydrogen-bond donors (Lipinski definition) is 1. The molecule has 1 heterocycles. The van der Waals surface area contributed by atoms with Crippen LogP contribution in [-0.4, -0.2) is 14.8 Å². The van der Waals surface area contributed by atoms with Gasteiger partial charge < -0.3 is 5.32 Å². The summed E-state index contributed by atoms with van der Waals surface area (Å²) in [5.41, 5.74) is 3.08. The van der Waals surface area contributed by atoms with Gasteiger partial charge >= 0.3 is 0 Å². The van der Waals surface area contributed by atoms with Crippen LogP contribution in [0.2, 0.25) is 5.02 Å². The lowest BCUT2D eigenvalue weighted by atomic mass is 10.1. The molecule has 0 aliphatic heterocycles. The monoisotopic (exact) mass is 240 g/mol. The van der Waals surface area contributed by atoms with Crippen LogP contribution in [-0.2, 0) is 0 Å². The molecule has 15 heavy (non-hydrogen) atoms. The number of rotatable bonds is 2. The molecule has 1 aromatic heterocycles. The summed E-state index contributed by atoms with van der Waals surface area (Å²) in [4.78, 5) is 0. The summed E-state index contributed by atoms with van der Waals surface area (Å²) >= 11 is 7.32. The lowest BCUT2D eigenvalue weighted by Gasteiger charge is -2.09. The number of nitrogens with zero attached hydrogens (tertiary/aromatic N) is 3. The van der Waals surface area contributed by atoms with Crippen LogP contribution in [0, 0.1) is 13.8 Å². The second-order valence-electron chi connectivity index (χ2n) is 3.23. The number of nitrogens with one attached hydrogen (secondary N) is 1. The van der Waals surface area contributed by atoms with Crippen molar-refractivity contribution in [3.05, 3.63) is 28.3 Å². The van der Waals surface area contributed by atoms with Gasteiger partial charge in [-0.15, -0.1) is 0 Å². The highest BCUT2D eigenvalue weighted by Gasteiger charge is 2.07. The fourth-order valence-electron chi connectivity index (χ4n) is 1.36. The normalized spacial score (nSPS) is 10.3. The molecule has 0 atom stereocenters. The van der Waals surface area contributed by atoms with E-state index >= 15 is 0 Å². The zero-order valence-corrected chi connectivity index (χ0v) is 9.85. The van der Waals surface area contributed by atoms with E-state index in [2.05, 4.69) is 26.2 Å². The van der Waals surface area contributed by atoms with Gasteiger partial charge in [-0.2, -0.15) is 0 Å². The molecule has 0 saturated carbocycles. The first kappa shape index (κ1) is 10.3. The zero-order chi connectivity index (χ0) is 10.8. The van der Waals surface area contributed by atoms with Crippen LogP contribution in [0.3, 0.4) is 0 Å². The number of aromatic nitrogens is 3. The van der Waals surface area contributed by atoms with Crippen molar-refractivity contribution in [3.8, 4) is 0 Å². The minimum Gasteiger partial charge on any atom is -0.327 e. The first-order chi connectivity index (χ1) is 7.16. The standard InChI is InChI=1S/C9H9ClN4S/c1-5-3-6(2)8(7(10)4-5)11-9-12-13-14-15-9/h3-4H,1-2H3,(H,11,12,14). The molecule has 0 aliphatic rings. The van der Waals surface area contributed by atoms with Crippen molar-refractivity contribution in [2.75, 3.05) is 5.32 Å². The lowest BCUT2D eigenvalue weighted by Crippen LogP contribution is -1.94. The van der Waals surface area contributed by atoms with Crippen LogP contribution in [0.25, 0.3) is 0 Å². The fourth-order valence-corrected chi connectivity index (χ4v) is 2.10. The zero-order valence-electron chi connectivity index (χ0n) is 8.28. The molecule has 0 fully saturated rings. The Kier molecular flexibility index (Phi) is 2.83. The molecule has 0 unspecified atom stereocenters. The molecular weight excluding hydrogens is 232 g/mol. The van der Waals surface area contributed by atoms with Gasteiger partial charge in [-0.3, -0.25) is 0 Å². The van der Waals surface area contributed by atoms with E-state index < -0.39 is 0 Å². The number of aryl methyl sites for hydroxylation is 2. The van der Waals surface area contributed by atoms with Gasteiger partial charge in [0.25, 0.3) is 0 Å². The van der Waals surface area contributed by atoms with E-state index in [1.54, 1.807) is 0 Å². The number of benzene rings is 1. The molecule has 0 radical (unpaired) electrons. The van der Waals surface area contributed by atoms with Crippen LogP contribution < -0.4 is 5.32 Å². The Bertz CT molecular complexity index is 446. The van der Waals surface area contributed by atoms with Crippen molar-refractivity contribution in [1.29, 1.82) is 0 Å². The summed E-state index contributed by atoms with van der Waals surface area (Å²) in [7, 11) is 0. The maximum atomic E-state index is 6.13. The number of hydrogen-bond acceptors (Lipinski definition) is 5. The summed E-state index contributed by atoms with van der Waals surface area (Å²) in [6.07, 6.45) is 0. The summed E-state index contributed by atoms with van der Waals surface area (Å²) in [6, 6.07) is 3.97. The molecule has 0 amide bonds. The largest absolute Gasteiger partial charge is 0.327 e. The highest BCUT2D eigenvalue weighted by Crippen LogP contribution is 2.30. The van der Waals surface area contributed by atoms with Gasteiger partial charge in [0, 0.05) is 11.5 Å². The van der Waals surface area contributed by atoms with Gasteiger partial charge in [0.2, 0.25) is 5.13 Å². The van der Waals surface area contributed by atoms with Crippen molar-refractivity contribution in [2.45, 2.75) is 13.8 Å². The van der Waals surface area contributed by atoms with Crippen LogP contribution in [0.15, 0.2) is 12.1 Å². The molecule has 4 nitrogen and oxygen atoms in total. The Balaban J connectivity index is 2.36. The molecule has 1 aromatic carbocycles. The van der Waals surface area contributed by atoms with Crippen molar-refractivity contribution in [1.82, 2.24) is 14.8 Å². The van der Waals surface area contributed by atoms with Crippen LogP contribution in [0.5, 0.6) is 0 Å². The van der Waals surface area contributed by atoms with Crippen LogP contribution >= 0.6 is 23.1 Å². The molecule has 0 spiro atoms. The Morgan fingerprint density at radius 2 is 2.13 bits per heavy atom. The Morgan fingerprint density at radius 1 is 1.33 bits per heavy atom. The quantitative estimate of drug-likeness (QED) is 0.877. The van der Waals surface area contributed by atoms with Gasteiger partial charge in [-0.25, -0.2) is 0 Å². The van der Waals surface area contributed by atoms with Crippen LogP contribution in [0.1, 0.15) is 11.1 Å². The SMILES string of the molecule is Cc1cc(C)c(Nc2nnns2)c(Cl)c1. The smallest absolute Gasteiger partial charge is 0.229 e.